The summed E-state index contributed by atoms with van der Waals surface area (Å²) in [7, 11) is 1.38. The number of amides is 1. The number of ether oxygens (including phenoxy) is 1. The summed E-state index contributed by atoms with van der Waals surface area (Å²) in [5.41, 5.74) is 2.64. The molecule has 2 aromatic carbocycles. The highest BCUT2D eigenvalue weighted by atomic mass is 35.5. The number of nitrogens with zero attached hydrogens (tertiary/aromatic N) is 2. The van der Waals surface area contributed by atoms with Crippen molar-refractivity contribution >= 4 is 29.6 Å². The number of piperazine rings is 1. The second-order valence-corrected chi connectivity index (χ2v) is 7.11. The van der Waals surface area contributed by atoms with Crippen LogP contribution in [0.4, 0.5) is 0 Å². The fourth-order valence-electron chi connectivity index (χ4n) is 3.10. The molecule has 0 atom stereocenters. The van der Waals surface area contributed by atoms with Gasteiger partial charge in [-0.25, -0.2) is 4.79 Å². The van der Waals surface area contributed by atoms with Crippen LogP contribution in [0.5, 0.6) is 0 Å². The van der Waals surface area contributed by atoms with Crippen LogP contribution in [0.2, 0.25) is 5.02 Å². The number of carbonyl (C=O) groups excluding carboxylic acids is 2. The van der Waals surface area contributed by atoms with Crippen LogP contribution in [0, 0.1) is 0 Å². The lowest BCUT2D eigenvalue weighted by molar-refractivity contribution is -0.127. The summed E-state index contributed by atoms with van der Waals surface area (Å²) in [6.07, 6.45) is 3.43. The number of benzene rings is 2. The maximum absolute atomic E-state index is 12.4. The van der Waals surface area contributed by atoms with Crippen molar-refractivity contribution < 1.29 is 14.3 Å². The summed E-state index contributed by atoms with van der Waals surface area (Å²) >= 11 is 5.87. The number of hydrogen-bond acceptors (Lipinski definition) is 4. The molecule has 1 heterocycles. The van der Waals surface area contributed by atoms with Crippen LogP contribution in [0.15, 0.2) is 54.6 Å². The molecule has 0 bridgehead atoms. The van der Waals surface area contributed by atoms with Gasteiger partial charge in [0.25, 0.3) is 0 Å². The first kappa shape index (κ1) is 20.1. The van der Waals surface area contributed by atoms with E-state index in [0.29, 0.717) is 23.7 Å². The number of methoxy groups -OCH3 is 1. The van der Waals surface area contributed by atoms with Gasteiger partial charge in [0.2, 0.25) is 5.91 Å². The zero-order chi connectivity index (χ0) is 19.9. The van der Waals surface area contributed by atoms with Crippen LogP contribution in [-0.4, -0.2) is 55.0 Å². The molecule has 5 nitrogen and oxygen atoms in total. The molecule has 0 spiro atoms. The van der Waals surface area contributed by atoms with E-state index in [1.807, 2.05) is 47.4 Å². The molecule has 2 aromatic rings. The van der Waals surface area contributed by atoms with Crippen LogP contribution < -0.4 is 0 Å². The lowest BCUT2D eigenvalue weighted by Gasteiger charge is -2.34. The molecule has 0 unspecified atom stereocenters. The van der Waals surface area contributed by atoms with Crippen molar-refractivity contribution in [3.8, 4) is 0 Å². The summed E-state index contributed by atoms with van der Waals surface area (Å²) in [4.78, 5) is 28.0. The first-order chi connectivity index (χ1) is 13.5. The van der Waals surface area contributed by atoms with Crippen LogP contribution in [0.1, 0.15) is 21.5 Å². The van der Waals surface area contributed by atoms with Crippen molar-refractivity contribution in [2.24, 2.45) is 0 Å². The smallest absolute Gasteiger partial charge is 0.337 e. The molecule has 0 aromatic heterocycles. The molecule has 6 heteroatoms. The maximum atomic E-state index is 12.4. The number of halogens is 1. The standard InChI is InChI=1S/C22H23ClN2O3/c1-28-22(27)19-7-2-18(3-8-19)16-24-12-14-25(15-13-24)21(26)11-6-17-4-9-20(23)10-5-17/h2-11H,12-16H2,1H3. The third kappa shape index (κ3) is 5.44. The van der Waals surface area contributed by atoms with E-state index in [4.69, 9.17) is 16.3 Å². The fourth-order valence-corrected chi connectivity index (χ4v) is 3.22. The van der Waals surface area contributed by atoms with Crippen LogP contribution in [-0.2, 0) is 16.1 Å². The first-order valence-electron chi connectivity index (χ1n) is 9.17. The van der Waals surface area contributed by atoms with E-state index in [1.165, 1.54) is 7.11 Å². The minimum atomic E-state index is -0.328. The second-order valence-electron chi connectivity index (χ2n) is 6.67. The van der Waals surface area contributed by atoms with Gasteiger partial charge >= 0.3 is 5.97 Å². The highest BCUT2D eigenvalue weighted by Gasteiger charge is 2.19. The van der Waals surface area contributed by atoms with E-state index in [1.54, 1.807) is 18.2 Å². The average Bonchev–Trinajstić information content (AvgIpc) is 2.73. The van der Waals surface area contributed by atoms with Gasteiger partial charge in [0, 0.05) is 43.8 Å². The first-order valence-corrected chi connectivity index (χ1v) is 9.55. The molecule has 0 aliphatic carbocycles. The Labute approximate surface area is 170 Å². The largest absolute Gasteiger partial charge is 0.465 e. The minimum Gasteiger partial charge on any atom is -0.465 e. The molecule has 1 aliphatic heterocycles. The van der Waals surface area contributed by atoms with Crippen molar-refractivity contribution in [1.29, 1.82) is 0 Å². The van der Waals surface area contributed by atoms with Gasteiger partial charge < -0.3 is 9.64 Å². The zero-order valence-corrected chi connectivity index (χ0v) is 16.6. The second kappa shape index (κ2) is 9.53. The summed E-state index contributed by atoms with van der Waals surface area (Å²) in [5.74, 6) is -0.303. The lowest BCUT2D eigenvalue weighted by Crippen LogP contribution is -2.47. The summed E-state index contributed by atoms with van der Waals surface area (Å²) in [6.45, 7) is 3.83. The Morgan fingerprint density at radius 1 is 1.00 bits per heavy atom. The van der Waals surface area contributed by atoms with Gasteiger partial charge in [-0.1, -0.05) is 35.9 Å². The normalized spacial score (nSPS) is 15.0. The maximum Gasteiger partial charge on any atom is 0.337 e. The minimum absolute atomic E-state index is 0.0250. The van der Waals surface area contributed by atoms with Gasteiger partial charge in [-0.3, -0.25) is 9.69 Å². The predicted octanol–water partition coefficient (Wildman–Crippen LogP) is 3.48. The van der Waals surface area contributed by atoms with Gasteiger partial charge in [-0.15, -0.1) is 0 Å². The molecular weight excluding hydrogens is 376 g/mol. The molecule has 146 valence electrons. The third-order valence-electron chi connectivity index (χ3n) is 4.75. The highest BCUT2D eigenvalue weighted by Crippen LogP contribution is 2.13. The Balaban J connectivity index is 1.48. The quantitative estimate of drug-likeness (QED) is 0.571. The molecule has 0 saturated carbocycles. The van der Waals surface area contributed by atoms with Crippen LogP contribution in [0.3, 0.4) is 0 Å². The van der Waals surface area contributed by atoms with Crippen molar-refractivity contribution in [3.05, 3.63) is 76.3 Å². The Morgan fingerprint density at radius 2 is 1.64 bits per heavy atom. The highest BCUT2D eigenvalue weighted by molar-refractivity contribution is 6.30. The van der Waals surface area contributed by atoms with Gasteiger partial charge in [0.1, 0.15) is 0 Å². The molecule has 28 heavy (non-hydrogen) atoms. The van der Waals surface area contributed by atoms with Crippen molar-refractivity contribution in [1.82, 2.24) is 9.80 Å². The third-order valence-corrected chi connectivity index (χ3v) is 5.01. The topological polar surface area (TPSA) is 49.9 Å². The molecular formula is C22H23ClN2O3. The Kier molecular flexibility index (Phi) is 6.85. The Morgan fingerprint density at radius 3 is 2.25 bits per heavy atom. The fraction of sp³-hybridized carbons (Fsp3) is 0.273. The Hall–Kier alpha value is -2.63. The average molecular weight is 399 g/mol. The number of carbonyl (C=O) groups is 2. The van der Waals surface area contributed by atoms with E-state index < -0.39 is 0 Å². The zero-order valence-electron chi connectivity index (χ0n) is 15.8. The van der Waals surface area contributed by atoms with E-state index in [9.17, 15) is 9.59 Å². The van der Waals surface area contributed by atoms with Crippen molar-refractivity contribution in [2.75, 3.05) is 33.3 Å². The van der Waals surface area contributed by atoms with Gasteiger partial charge in [-0.2, -0.15) is 0 Å². The van der Waals surface area contributed by atoms with E-state index in [-0.39, 0.29) is 11.9 Å². The predicted molar refractivity (Wildman–Crippen MR) is 110 cm³/mol. The molecule has 1 aliphatic rings. The molecule has 0 radical (unpaired) electrons. The molecule has 3 rings (SSSR count). The monoisotopic (exact) mass is 398 g/mol. The van der Waals surface area contributed by atoms with Crippen LogP contribution in [0.25, 0.3) is 6.08 Å². The Bertz CT molecular complexity index is 839. The molecule has 1 amide bonds. The van der Waals surface area contributed by atoms with Gasteiger partial charge in [0.15, 0.2) is 0 Å². The van der Waals surface area contributed by atoms with E-state index in [2.05, 4.69) is 4.90 Å². The van der Waals surface area contributed by atoms with Crippen molar-refractivity contribution in [2.45, 2.75) is 6.54 Å². The molecule has 1 fully saturated rings. The SMILES string of the molecule is COC(=O)c1ccc(CN2CCN(C(=O)C=Cc3ccc(Cl)cc3)CC2)cc1. The van der Waals surface area contributed by atoms with Crippen LogP contribution >= 0.6 is 11.6 Å². The van der Waals surface area contributed by atoms with E-state index in [0.717, 1.165) is 30.8 Å². The van der Waals surface area contributed by atoms with Crippen molar-refractivity contribution in [3.63, 3.8) is 0 Å². The lowest BCUT2D eigenvalue weighted by atomic mass is 10.1. The molecule has 1 saturated heterocycles. The summed E-state index contributed by atoms with van der Waals surface area (Å²) < 4.78 is 4.72. The summed E-state index contributed by atoms with van der Waals surface area (Å²) in [5, 5.41) is 0.680. The summed E-state index contributed by atoms with van der Waals surface area (Å²) in [6, 6.07) is 14.8. The van der Waals surface area contributed by atoms with Gasteiger partial charge in [0.05, 0.1) is 12.7 Å². The molecule has 0 N–H and O–H groups in total. The number of esters is 1. The van der Waals surface area contributed by atoms with Gasteiger partial charge in [-0.05, 0) is 41.5 Å². The number of hydrogen-bond donors (Lipinski definition) is 0. The van der Waals surface area contributed by atoms with E-state index >= 15 is 0 Å². The number of rotatable bonds is 5.